The van der Waals surface area contributed by atoms with E-state index >= 15 is 0 Å². The molecule has 0 atom stereocenters. The van der Waals surface area contributed by atoms with Gasteiger partial charge in [-0.15, -0.1) is 0 Å². The van der Waals surface area contributed by atoms with Crippen molar-refractivity contribution in [3.63, 3.8) is 0 Å². The summed E-state index contributed by atoms with van der Waals surface area (Å²) in [6.07, 6.45) is 5.49. The number of rotatable bonds is 6. The van der Waals surface area contributed by atoms with E-state index in [0.29, 0.717) is 59.2 Å². The molecule has 0 radical (unpaired) electrons. The number of halogens is 2. The van der Waals surface area contributed by atoms with Crippen LogP contribution in [0.4, 0.5) is 14.5 Å². The molecular formula is C21H25F2N5S. The van der Waals surface area contributed by atoms with Crippen molar-refractivity contribution in [3.8, 4) is 0 Å². The van der Waals surface area contributed by atoms with E-state index in [0.717, 1.165) is 13.1 Å². The van der Waals surface area contributed by atoms with E-state index in [9.17, 15) is 8.78 Å². The minimum absolute atomic E-state index is 0.311. The first-order valence-electron chi connectivity index (χ1n) is 9.40. The summed E-state index contributed by atoms with van der Waals surface area (Å²) in [4.78, 5) is 2.53. The Bertz CT molecular complexity index is 885. The van der Waals surface area contributed by atoms with Crippen molar-refractivity contribution >= 4 is 23.8 Å². The first-order chi connectivity index (χ1) is 14.0. The van der Waals surface area contributed by atoms with Crippen molar-refractivity contribution in [2.24, 2.45) is 10.1 Å². The highest BCUT2D eigenvalue weighted by Gasteiger charge is 2.18. The minimum Gasteiger partial charge on any atom is -0.397 e. The molecule has 0 aromatic heterocycles. The number of nitrogens with one attached hydrogen (secondary N) is 2. The number of hydrogen-bond donors (Lipinski definition) is 3. The van der Waals surface area contributed by atoms with Gasteiger partial charge < -0.3 is 21.3 Å². The van der Waals surface area contributed by atoms with Crippen LogP contribution in [0, 0.1) is 11.6 Å². The highest BCUT2D eigenvalue weighted by Crippen LogP contribution is 2.28. The molecule has 4 N–H and O–H groups in total. The van der Waals surface area contributed by atoms with Gasteiger partial charge >= 0.3 is 0 Å². The van der Waals surface area contributed by atoms with Gasteiger partial charge in [0, 0.05) is 62.6 Å². The molecule has 8 heteroatoms. The lowest BCUT2D eigenvalue weighted by atomic mass is 10.1. The highest BCUT2D eigenvalue weighted by molar-refractivity contribution is 8.02. The summed E-state index contributed by atoms with van der Waals surface area (Å²) in [7, 11) is 0. The predicted molar refractivity (Wildman–Crippen MR) is 118 cm³/mol. The number of hydrogen-bond acceptors (Lipinski definition) is 6. The van der Waals surface area contributed by atoms with Crippen LogP contribution in [0.25, 0.3) is 0 Å². The van der Waals surface area contributed by atoms with Crippen LogP contribution in [0.3, 0.4) is 0 Å². The second kappa shape index (κ2) is 9.76. The topological polar surface area (TPSA) is 65.7 Å². The highest BCUT2D eigenvalue weighted by atomic mass is 32.2. The molecule has 0 bridgehead atoms. The molecule has 154 valence electrons. The Balaban J connectivity index is 1.63. The fraction of sp³-hybridized carbons (Fsp3) is 0.286. The molecule has 1 saturated heterocycles. The number of allylic oxidation sites excluding steroid dienone is 2. The Kier molecular flexibility index (Phi) is 7.11. The van der Waals surface area contributed by atoms with Crippen molar-refractivity contribution in [2.45, 2.75) is 6.42 Å². The summed E-state index contributed by atoms with van der Waals surface area (Å²) in [5.74, 6) is -0.809. The van der Waals surface area contributed by atoms with Gasteiger partial charge in [0.2, 0.25) is 0 Å². The van der Waals surface area contributed by atoms with Crippen molar-refractivity contribution in [1.29, 1.82) is 0 Å². The number of anilines is 1. The van der Waals surface area contributed by atoms with Crippen molar-refractivity contribution < 1.29 is 8.78 Å². The van der Waals surface area contributed by atoms with Crippen LogP contribution < -0.4 is 21.3 Å². The lowest BCUT2D eigenvalue weighted by Crippen LogP contribution is -2.44. The molecule has 0 unspecified atom stereocenters. The van der Waals surface area contributed by atoms with E-state index in [1.54, 1.807) is 18.4 Å². The maximum absolute atomic E-state index is 14.5. The smallest absolute Gasteiger partial charge is 0.146 e. The Morgan fingerprint density at radius 2 is 2.03 bits per heavy atom. The molecular weight excluding hydrogens is 392 g/mol. The maximum Gasteiger partial charge on any atom is 0.146 e. The number of piperazine rings is 1. The third-order valence-electron chi connectivity index (χ3n) is 4.76. The number of nitrogens with two attached hydrogens (primary N) is 1. The zero-order valence-electron chi connectivity index (χ0n) is 16.2. The van der Waals surface area contributed by atoms with E-state index in [-0.39, 0.29) is 0 Å². The molecule has 5 nitrogen and oxygen atoms in total. The predicted octanol–water partition coefficient (Wildman–Crippen LogP) is 3.04. The molecule has 1 aromatic carbocycles. The molecule has 2 aliphatic heterocycles. The van der Waals surface area contributed by atoms with Crippen LogP contribution in [-0.4, -0.2) is 38.9 Å². The molecule has 0 saturated carbocycles. The number of benzene rings is 1. The number of nitrogens with zero attached hydrogens (tertiary/aromatic N) is 2. The van der Waals surface area contributed by atoms with E-state index in [4.69, 9.17) is 5.73 Å². The van der Waals surface area contributed by atoms with Crippen molar-refractivity contribution in [1.82, 2.24) is 10.6 Å². The van der Waals surface area contributed by atoms with Crippen LogP contribution >= 0.6 is 11.9 Å². The summed E-state index contributed by atoms with van der Waals surface area (Å²) in [5.41, 5.74) is 8.48. The average molecular weight is 418 g/mol. The van der Waals surface area contributed by atoms with Gasteiger partial charge in [-0.3, -0.25) is 0 Å². The molecule has 0 amide bonds. The molecule has 1 fully saturated rings. The van der Waals surface area contributed by atoms with E-state index < -0.39 is 11.6 Å². The summed E-state index contributed by atoms with van der Waals surface area (Å²) in [6.45, 7) is 11.1. The van der Waals surface area contributed by atoms with E-state index in [1.165, 1.54) is 24.1 Å². The lowest BCUT2D eigenvalue weighted by Gasteiger charge is -2.30. The SMILES string of the molecule is C=C1/C=C\C=NSC(C(=C)NCCc2cc(F)c(N3CCNCC3)cc2F)=C1N. The monoisotopic (exact) mass is 417 g/mol. The van der Waals surface area contributed by atoms with Gasteiger partial charge in [-0.2, -0.15) is 0 Å². The van der Waals surface area contributed by atoms with Gasteiger partial charge in [-0.25, -0.2) is 13.2 Å². The van der Waals surface area contributed by atoms with Crippen LogP contribution in [0.2, 0.25) is 0 Å². The first-order valence-corrected chi connectivity index (χ1v) is 10.2. The molecule has 0 spiro atoms. The van der Waals surface area contributed by atoms with Gasteiger partial charge in [0.25, 0.3) is 0 Å². The molecule has 29 heavy (non-hydrogen) atoms. The third-order valence-corrected chi connectivity index (χ3v) is 5.64. The summed E-state index contributed by atoms with van der Waals surface area (Å²) in [5, 5.41) is 6.33. The van der Waals surface area contributed by atoms with Gasteiger partial charge in [-0.05, 0) is 29.7 Å². The summed E-state index contributed by atoms with van der Waals surface area (Å²) < 4.78 is 33.3. The lowest BCUT2D eigenvalue weighted by molar-refractivity contribution is 0.552. The van der Waals surface area contributed by atoms with E-state index in [1.807, 2.05) is 4.90 Å². The maximum atomic E-state index is 14.5. The quantitative estimate of drug-likeness (QED) is 0.621. The Morgan fingerprint density at radius 3 is 2.79 bits per heavy atom. The second-order valence-corrected chi connectivity index (χ2v) is 7.56. The Hall–Kier alpha value is -2.58. The van der Waals surface area contributed by atoms with Gasteiger partial charge in [0.1, 0.15) is 11.6 Å². The molecule has 2 heterocycles. The minimum atomic E-state index is -0.408. The zero-order valence-corrected chi connectivity index (χ0v) is 17.0. The fourth-order valence-corrected chi connectivity index (χ4v) is 3.77. The Morgan fingerprint density at radius 1 is 1.28 bits per heavy atom. The molecule has 1 aromatic rings. The van der Waals surface area contributed by atoms with Crippen LogP contribution in [-0.2, 0) is 6.42 Å². The van der Waals surface area contributed by atoms with E-state index in [2.05, 4.69) is 28.2 Å². The molecule has 3 rings (SSSR count). The molecule has 0 aliphatic carbocycles. The van der Waals surface area contributed by atoms with Crippen LogP contribution in [0.15, 0.2) is 63.7 Å². The average Bonchev–Trinajstić information content (AvgIpc) is 2.71. The third kappa shape index (κ3) is 5.27. The fourth-order valence-electron chi connectivity index (χ4n) is 3.13. The first kappa shape index (κ1) is 21.1. The van der Waals surface area contributed by atoms with Crippen molar-refractivity contribution in [3.05, 3.63) is 76.5 Å². The van der Waals surface area contributed by atoms with Gasteiger partial charge in [0.15, 0.2) is 0 Å². The second-order valence-electron chi connectivity index (χ2n) is 6.76. The van der Waals surface area contributed by atoms with Crippen LogP contribution in [0.1, 0.15) is 5.56 Å². The van der Waals surface area contributed by atoms with Gasteiger partial charge in [0.05, 0.1) is 16.3 Å². The summed E-state index contributed by atoms with van der Waals surface area (Å²) in [6, 6.07) is 2.58. The van der Waals surface area contributed by atoms with Crippen LogP contribution in [0.5, 0.6) is 0 Å². The Labute approximate surface area is 174 Å². The standard InChI is InChI=1S/C21H25F2N5S/c1-14-4-3-6-27-29-21(20(14)24)15(2)26-7-5-16-12-18(23)19(13-17(16)22)28-10-8-25-9-11-28/h3-4,6,12-13,25-26H,1-2,5,7-11,24H2/b4-3-,21-20?,27-6?. The van der Waals surface area contributed by atoms with Crippen molar-refractivity contribution in [2.75, 3.05) is 37.6 Å². The molecule has 2 aliphatic rings. The summed E-state index contributed by atoms with van der Waals surface area (Å²) >= 11 is 1.19. The van der Waals surface area contributed by atoms with Gasteiger partial charge in [-0.1, -0.05) is 19.2 Å². The largest absolute Gasteiger partial charge is 0.397 e. The normalized spacial score (nSPS) is 18.4. The zero-order chi connectivity index (χ0) is 20.8.